The van der Waals surface area contributed by atoms with Gasteiger partial charge in [-0.3, -0.25) is 19.2 Å². The summed E-state index contributed by atoms with van der Waals surface area (Å²) in [7, 11) is 1.31. The molecule has 2 saturated carbocycles. The maximum Gasteiger partial charge on any atom is 0.343 e. The Balaban J connectivity index is 0.000000385. The van der Waals surface area contributed by atoms with Crippen molar-refractivity contribution >= 4 is 103 Å². The fraction of sp³-hybridized carbons (Fsp3) is 0.398. The van der Waals surface area contributed by atoms with Crippen LogP contribution in [0, 0.1) is 23.7 Å². The number of carboxylic acids is 1. The van der Waals surface area contributed by atoms with E-state index in [1.54, 1.807) is 36.4 Å². The van der Waals surface area contributed by atoms with Gasteiger partial charge in [0.1, 0.15) is 85.5 Å². The van der Waals surface area contributed by atoms with Crippen molar-refractivity contribution in [2.24, 2.45) is 23.7 Å². The van der Waals surface area contributed by atoms with Crippen LogP contribution in [0.5, 0.6) is 63.2 Å². The van der Waals surface area contributed by atoms with Gasteiger partial charge in [-0.05, 0) is 261 Å². The van der Waals surface area contributed by atoms with E-state index in [4.69, 9.17) is 80.9 Å². The molecule has 140 heavy (non-hydrogen) atoms. The van der Waals surface area contributed by atoms with E-state index in [0.29, 0.717) is 127 Å². The molecule has 0 atom stereocenters. The summed E-state index contributed by atoms with van der Waals surface area (Å²) in [5.74, 6) is -9.94. The number of benzene rings is 7. The van der Waals surface area contributed by atoms with Gasteiger partial charge in [-0.1, -0.05) is 73.1 Å². The molecule has 0 bridgehead atoms. The van der Waals surface area contributed by atoms with Crippen molar-refractivity contribution in [3.8, 4) is 63.2 Å². The van der Waals surface area contributed by atoms with Crippen LogP contribution in [0.15, 0.2) is 184 Å². The lowest BCUT2D eigenvalue weighted by atomic mass is 9.82. The molecule has 37 heteroatoms. The lowest BCUT2D eigenvalue weighted by molar-refractivity contribution is -0.145. The molecule has 3 N–H and O–H groups in total. The molecule has 0 spiro atoms. The predicted molar refractivity (Wildman–Crippen MR) is 508 cm³/mol. The number of unbranched alkanes of at least 4 members (excludes halogenated alkanes) is 7. The minimum absolute atomic E-state index is 0.0187. The van der Waals surface area contributed by atoms with Gasteiger partial charge in [0.25, 0.3) is 0 Å². The molecule has 0 saturated heterocycles. The molecule has 35 nitrogen and oxygen atoms in total. The SMILES string of the molecule is C=CC(=O)OCCCCOc1ccc(C(=O)O)cc1.C=CC(=O)OCCCCOc1ccc(C(=O)Oc2ccc(OC(=O)C3CCC(C(=O)Oc4ccc(OC(=O)c5ccc(OCCCCOC(=O)C=C)cc5)c(C(=O)OCCCC)c4)CC3)cc2C(=O)OCCCC)cc1.CCCCOC(=O)c1cc(OC(=O)C2CCC(C(=O)Oc3ccc(O)c(C(=O)OCCCC)c3)CC2)ccc1O.CS(=O)(=O)Cl. The summed E-state index contributed by atoms with van der Waals surface area (Å²) in [6.45, 7) is 20.5. The van der Waals surface area contributed by atoms with Crippen LogP contribution in [-0.2, 0) is 75.8 Å². The monoisotopic (exact) mass is 1980 g/mol. The number of hydrogen-bond donors (Lipinski definition) is 3. The summed E-state index contributed by atoms with van der Waals surface area (Å²) in [4.78, 5) is 174. The van der Waals surface area contributed by atoms with Gasteiger partial charge in [0.15, 0.2) is 0 Å². The molecule has 7 aromatic rings. The topological polar surface area (TPSA) is 481 Å². The number of carboxylic acid groups (broad SMARTS) is 1. The maximum atomic E-state index is 13.5. The van der Waals surface area contributed by atoms with Gasteiger partial charge < -0.3 is 91.1 Å². The van der Waals surface area contributed by atoms with E-state index >= 15 is 0 Å². The van der Waals surface area contributed by atoms with Gasteiger partial charge in [-0.2, -0.15) is 0 Å². The average molecular weight is 1980 g/mol. The molecule has 2 fully saturated rings. The zero-order chi connectivity index (χ0) is 102. The van der Waals surface area contributed by atoms with Gasteiger partial charge in [0, 0.05) is 28.9 Å². The third-order valence-corrected chi connectivity index (χ3v) is 20.6. The standard InChI is InChI=1S/C58H64O18.C30H36O10.C14H16O5.CH3ClO2S/c1-5-9-31-71-57(65)47-37-45(27-29-49(47)75-55(63)41-19-23-43(24-20-41)67-33-11-13-35-69-51(59)7-3)73-53(61)39-15-17-40(18-16-39)54(62)74-46-28-30-50(48(38-46)58(66)72-32-10-6-2)76-56(64)42-21-25-44(26-22-42)68-34-12-14-36-70-52(60)8-4;1-3-5-15-37-29(35)23-17-21(11-13-25(23)31)39-27(33)19-7-9-20(10-8-19)28(34)40-22-12-14-26(32)24(18-22)30(36)38-16-6-4-2;1-2-13(15)19-10-4-3-9-18-12-7-5-11(6-8-12)14(16)17;1-5(2,3)4/h7-8,19-30,37-40H,3-6,9-18,31-36H2,1-2H3;11-14,17-20,31-32H,3-10,15-16H2,1-2H3;2,5-8H,1,3-4,9-10H2,(H,16,17);1H3. The van der Waals surface area contributed by atoms with Crippen LogP contribution >= 0.6 is 10.7 Å². The average Bonchev–Trinajstić information content (AvgIpc) is 0.826. The quantitative estimate of drug-likeness (QED) is 0.00796. The lowest BCUT2D eigenvalue weighted by Gasteiger charge is -2.26. The van der Waals surface area contributed by atoms with Crippen molar-refractivity contribution in [3.63, 3.8) is 0 Å². The molecule has 9 rings (SSSR count). The number of aromatic carboxylic acids is 1. The molecule has 0 heterocycles. The molecule has 0 radical (unpaired) electrons. The van der Waals surface area contributed by atoms with Crippen LogP contribution in [0.25, 0.3) is 0 Å². The van der Waals surface area contributed by atoms with Gasteiger partial charge in [0.05, 0.1) is 113 Å². The van der Waals surface area contributed by atoms with Crippen molar-refractivity contribution in [1.82, 2.24) is 0 Å². The van der Waals surface area contributed by atoms with Gasteiger partial charge in [0.2, 0.25) is 9.05 Å². The summed E-state index contributed by atoms with van der Waals surface area (Å²) >= 11 is 0. The second-order valence-electron chi connectivity index (χ2n) is 31.5. The van der Waals surface area contributed by atoms with Gasteiger partial charge in [-0.25, -0.2) is 56.4 Å². The van der Waals surface area contributed by atoms with E-state index in [-0.39, 0.29) is 150 Å². The minimum atomic E-state index is -3.19. The van der Waals surface area contributed by atoms with E-state index in [0.717, 1.165) is 56.6 Å². The maximum absolute atomic E-state index is 13.5. The smallest absolute Gasteiger partial charge is 0.343 e. The Bertz CT molecular complexity index is 5140. The van der Waals surface area contributed by atoms with Crippen LogP contribution in [0.3, 0.4) is 0 Å². The summed E-state index contributed by atoms with van der Waals surface area (Å²) < 4.78 is 105. The highest BCUT2D eigenvalue weighted by molar-refractivity contribution is 8.13. The van der Waals surface area contributed by atoms with Crippen molar-refractivity contribution in [2.75, 3.05) is 72.3 Å². The number of hydrogen-bond acceptors (Lipinski definition) is 34. The Labute approximate surface area is 816 Å². The first-order valence-electron chi connectivity index (χ1n) is 45.8. The van der Waals surface area contributed by atoms with Crippen LogP contribution in [-0.4, -0.2) is 180 Å². The first kappa shape index (κ1) is 114. The highest BCUT2D eigenvalue weighted by atomic mass is 35.7. The number of phenolic OH excluding ortho intramolecular Hbond substituents is 2. The molecule has 0 amide bonds. The first-order valence-corrected chi connectivity index (χ1v) is 48.5. The van der Waals surface area contributed by atoms with Gasteiger partial charge >= 0.3 is 83.6 Å². The second kappa shape index (κ2) is 62.4. The summed E-state index contributed by atoms with van der Waals surface area (Å²) in [5.41, 5.74) is 0.154. The largest absolute Gasteiger partial charge is 0.507 e. The number of esters is 13. The second-order valence-corrected chi connectivity index (χ2v) is 34.6. The molecule has 2 aliphatic rings. The summed E-state index contributed by atoms with van der Waals surface area (Å²) in [5, 5.41) is 28.7. The van der Waals surface area contributed by atoms with Crippen LogP contribution < -0.4 is 42.6 Å². The van der Waals surface area contributed by atoms with E-state index < -0.39 is 116 Å². The third kappa shape index (κ3) is 42.7. The zero-order valence-corrected chi connectivity index (χ0v) is 80.4. The highest BCUT2D eigenvalue weighted by Gasteiger charge is 2.36. The number of rotatable bonds is 50. The number of ether oxygens (including phenoxy) is 16. The first-order chi connectivity index (χ1) is 67.2. The third-order valence-electron chi connectivity index (χ3n) is 20.6. The van der Waals surface area contributed by atoms with Crippen molar-refractivity contribution in [3.05, 3.63) is 223 Å². The number of phenols is 2. The Kier molecular flexibility index (Phi) is 51.0. The number of carbonyl (C=O) groups excluding carboxylic acids is 13. The zero-order valence-electron chi connectivity index (χ0n) is 78.8. The molecule has 754 valence electrons. The fourth-order valence-corrected chi connectivity index (χ4v) is 12.9. The van der Waals surface area contributed by atoms with Crippen LogP contribution in [0.2, 0.25) is 0 Å². The molecular weight excluding hydrogens is 1860 g/mol. The van der Waals surface area contributed by atoms with Gasteiger partial charge in [-0.15, -0.1) is 0 Å². The van der Waals surface area contributed by atoms with Crippen LogP contribution in [0.4, 0.5) is 0 Å². The molecule has 7 aromatic carbocycles. The number of halogens is 1. The normalized spacial score (nSPS) is 13.9. The Morgan fingerprint density at radius 2 is 0.529 bits per heavy atom. The molecule has 0 aromatic heterocycles. The molecule has 0 aliphatic heterocycles. The summed E-state index contributed by atoms with van der Waals surface area (Å²) in [6.07, 6.45) is 16.6. The predicted octanol–water partition coefficient (Wildman–Crippen LogP) is 17.9. The number of aromatic hydroxyl groups is 2. The van der Waals surface area contributed by atoms with E-state index in [9.17, 15) is 85.8 Å². The Morgan fingerprint density at radius 3 is 0.779 bits per heavy atom. The lowest BCUT2D eigenvalue weighted by Crippen LogP contribution is -2.30. The van der Waals surface area contributed by atoms with E-state index in [1.165, 1.54) is 109 Å². The minimum Gasteiger partial charge on any atom is -0.507 e. The van der Waals surface area contributed by atoms with E-state index in [2.05, 4.69) is 30.4 Å². The van der Waals surface area contributed by atoms with Crippen molar-refractivity contribution < 1.29 is 167 Å². The van der Waals surface area contributed by atoms with Crippen molar-refractivity contribution in [1.29, 1.82) is 0 Å². The Morgan fingerprint density at radius 1 is 0.307 bits per heavy atom. The van der Waals surface area contributed by atoms with Crippen LogP contribution in [0.1, 0.15) is 241 Å². The highest BCUT2D eigenvalue weighted by Crippen LogP contribution is 2.37. The van der Waals surface area contributed by atoms with Crippen molar-refractivity contribution in [2.45, 2.75) is 169 Å². The molecule has 2 aliphatic carbocycles. The number of carbonyl (C=O) groups is 14. The Hall–Kier alpha value is -14.4. The summed E-state index contributed by atoms with van der Waals surface area (Å²) in [6, 6.07) is 34.5. The molecule has 0 unspecified atom stereocenters. The molecular formula is C103H119ClO35S. The van der Waals surface area contributed by atoms with E-state index in [1.807, 2.05) is 27.7 Å². The fourth-order valence-electron chi connectivity index (χ4n) is 12.9.